The lowest BCUT2D eigenvalue weighted by Crippen LogP contribution is -2.29. The number of hydrogen-bond acceptors (Lipinski definition) is 6. The van der Waals surface area contributed by atoms with Gasteiger partial charge in [-0.2, -0.15) is 0 Å². The van der Waals surface area contributed by atoms with Gasteiger partial charge in [0, 0.05) is 50.0 Å². The molecule has 2 aliphatic rings. The van der Waals surface area contributed by atoms with Gasteiger partial charge in [0.05, 0.1) is 22.6 Å². The number of benzene rings is 2. The van der Waals surface area contributed by atoms with E-state index in [9.17, 15) is 8.42 Å². The number of hydrogen-bond donors (Lipinski definition) is 1. The molecule has 1 aromatic heterocycles. The molecule has 8 heteroatoms. The van der Waals surface area contributed by atoms with E-state index in [2.05, 4.69) is 21.2 Å². The highest BCUT2D eigenvalue weighted by Gasteiger charge is 2.23. The smallest absolute Gasteiger partial charge is 0.268 e. The van der Waals surface area contributed by atoms with Gasteiger partial charge in [0.15, 0.2) is 0 Å². The molecule has 1 N–H and O–H groups in total. The normalized spacial score (nSPS) is 17.5. The average Bonchev–Trinajstić information content (AvgIpc) is 2.99. The monoisotopic (exact) mass is 426 g/mol. The van der Waals surface area contributed by atoms with Gasteiger partial charge in [-0.1, -0.05) is 6.07 Å². The Morgan fingerprint density at radius 2 is 1.90 bits per heavy atom. The molecule has 2 aliphatic heterocycles. The summed E-state index contributed by atoms with van der Waals surface area (Å²) < 4.78 is 34.1. The van der Waals surface area contributed by atoms with Gasteiger partial charge in [0.2, 0.25) is 0 Å². The maximum absolute atomic E-state index is 13.5. The minimum atomic E-state index is -3.74. The van der Waals surface area contributed by atoms with Gasteiger partial charge in [-0.05, 0) is 43.3 Å². The minimum absolute atomic E-state index is 0.235. The Balaban J connectivity index is 1.55. The molecule has 1 fully saturated rings. The third kappa shape index (κ3) is 3.30. The number of aromatic nitrogens is 1. The molecular weight excluding hydrogens is 400 g/mol. The van der Waals surface area contributed by atoms with Crippen molar-refractivity contribution in [1.29, 1.82) is 0 Å². The summed E-state index contributed by atoms with van der Waals surface area (Å²) in [6.07, 6.45) is 2.71. The molecule has 158 valence electrons. The van der Waals surface area contributed by atoms with Crippen molar-refractivity contribution in [1.82, 2.24) is 9.29 Å². The minimum Gasteiger partial charge on any atom is -0.490 e. The van der Waals surface area contributed by atoms with Crippen molar-refractivity contribution in [2.75, 3.05) is 56.2 Å². The van der Waals surface area contributed by atoms with Gasteiger partial charge >= 0.3 is 0 Å². The molecule has 30 heavy (non-hydrogen) atoms. The molecule has 7 nitrogen and oxygen atoms in total. The fourth-order valence-electron chi connectivity index (χ4n) is 4.21. The zero-order valence-electron chi connectivity index (χ0n) is 17.0. The SMILES string of the molecule is CN1CCOc2cc(S(=O)(=O)n3ccc4ccc(N5CCCNCC5)cc43)ccc21. The first-order chi connectivity index (χ1) is 14.5. The summed E-state index contributed by atoms with van der Waals surface area (Å²) in [5.74, 6) is 0.610. The number of anilines is 2. The molecular formula is C22H26N4O3S. The Morgan fingerprint density at radius 1 is 1.00 bits per heavy atom. The van der Waals surface area contributed by atoms with Crippen molar-refractivity contribution in [3.05, 3.63) is 48.7 Å². The van der Waals surface area contributed by atoms with Crippen LogP contribution in [-0.2, 0) is 10.0 Å². The van der Waals surface area contributed by atoms with E-state index in [-0.39, 0.29) is 4.90 Å². The summed E-state index contributed by atoms with van der Waals surface area (Å²) in [5.41, 5.74) is 2.66. The lowest BCUT2D eigenvalue weighted by molar-refractivity contribution is 0.310. The molecule has 0 amide bonds. The van der Waals surface area contributed by atoms with E-state index in [1.54, 1.807) is 18.3 Å². The van der Waals surface area contributed by atoms with Gasteiger partial charge in [-0.25, -0.2) is 12.4 Å². The Hall–Kier alpha value is -2.71. The maximum Gasteiger partial charge on any atom is 0.268 e. The van der Waals surface area contributed by atoms with Crippen LogP contribution in [0.4, 0.5) is 11.4 Å². The van der Waals surface area contributed by atoms with Crippen LogP contribution in [0.2, 0.25) is 0 Å². The van der Waals surface area contributed by atoms with Crippen LogP contribution in [0, 0.1) is 0 Å². The van der Waals surface area contributed by atoms with E-state index in [1.165, 1.54) is 3.97 Å². The number of nitrogens with zero attached hydrogens (tertiary/aromatic N) is 3. The highest BCUT2D eigenvalue weighted by Crippen LogP contribution is 2.34. The van der Waals surface area contributed by atoms with Crippen LogP contribution >= 0.6 is 0 Å². The zero-order valence-corrected chi connectivity index (χ0v) is 17.9. The zero-order chi connectivity index (χ0) is 20.7. The van der Waals surface area contributed by atoms with Crippen LogP contribution in [0.25, 0.3) is 10.9 Å². The molecule has 0 aliphatic carbocycles. The van der Waals surface area contributed by atoms with Crippen molar-refractivity contribution < 1.29 is 13.2 Å². The lowest BCUT2D eigenvalue weighted by atomic mass is 10.2. The standard InChI is InChI=1S/C22H26N4O3S/c1-24-13-14-29-22-16-19(5-6-20(22)24)30(27,28)26-11-7-17-3-4-18(15-21(17)26)25-10-2-8-23-9-12-25/h3-7,11,15-16,23H,2,8-10,12-14H2,1H3. The second-order valence-electron chi connectivity index (χ2n) is 7.85. The fraction of sp³-hybridized carbons (Fsp3) is 0.364. The number of ether oxygens (including phenoxy) is 1. The first-order valence-electron chi connectivity index (χ1n) is 10.3. The Morgan fingerprint density at radius 3 is 2.80 bits per heavy atom. The van der Waals surface area contributed by atoms with Gasteiger partial charge in [0.1, 0.15) is 12.4 Å². The second kappa shape index (κ2) is 7.52. The summed E-state index contributed by atoms with van der Waals surface area (Å²) in [6.45, 7) is 5.15. The van der Waals surface area contributed by atoms with Crippen molar-refractivity contribution in [3.8, 4) is 5.75 Å². The number of nitrogens with one attached hydrogen (secondary N) is 1. The summed E-state index contributed by atoms with van der Waals surface area (Å²) in [5, 5.41) is 4.31. The highest BCUT2D eigenvalue weighted by molar-refractivity contribution is 7.90. The van der Waals surface area contributed by atoms with E-state index in [0.717, 1.165) is 55.9 Å². The third-order valence-electron chi connectivity index (χ3n) is 5.93. The van der Waals surface area contributed by atoms with Crippen LogP contribution in [0.5, 0.6) is 5.75 Å². The molecule has 3 aromatic rings. The predicted octanol–water partition coefficient (Wildman–Crippen LogP) is 2.51. The van der Waals surface area contributed by atoms with Crippen molar-refractivity contribution >= 4 is 32.3 Å². The fourth-order valence-corrected chi connectivity index (χ4v) is 5.58. The van der Waals surface area contributed by atoms with E-state index in [0.29, 0.717) is 17.9 Å². The van der Waals surface area contributed by atoms with Crippen LogP contribution < -0.4 is 19.9 Å². The molecule has 3 heterocycles. The van der Waals surface area contributed by atoms with Gasteiger partial charge in [0.25, 0.3) is 10.0 Å². The number of rotatable bonds is 3. The largest absolute Gasteiger partial charge is 0.490 e. The first kappa shape index (κ1) is 19.3. The third-order valence-corrected chi connectivity index (χ3v) is 7.62. The van der Waals surface area contributed by atoms with Crippen LogP contribution in [0.1, 0.15) is 6.42 Å². The average molecular weight is 427 g/mol. The van der Waals surface area contributed by atoms with E-state index in [4.69, 9.17) is 4.74 Å². The highest BCUT2D eigenvalue weighted by atomic mass is 32.2. The molecule has 2 aromatic carbocycles. The van der Waals surface area contributed by atoms with E-state index < -0.39 is 10.0 Å². The summed E-state index contributed by atoms with van der Waals surface area (Å²) in [6, 6.07) is 13.0. The summed E-state index contributed by atoms with van der Waals surface area (Å²) >= 11 is 0. The van der Waals surface area contributed by atoms with Crippen molar-refractivity contribution in [3.63, 3.8) is 0 Å². The molecule has 0 radical (unpaired) electrons. The summed E-state index contributed by atoms with van der Waals surface area (Å²) in [4.78, 5) is 4.62. The summed E-state index contributed by atoms with van der Waals surface area (Å²) in [7, 11) is -1.76. The first-order valence-corrected chi connectivity index (χ1v) is 11.8. The number of fused-ring (bicyclic) bond motifs is 2. The quantitative estimate of drug-likeness (QED) is 0.694. The van der Waals surface area contributed by atoms with Gasteiger partial charge < -0.3 is 19.9 Å². The Labute approximate surface area is 176 Å². The molecule has 0 atom stereocenters. The maximum atomic E-state index is 13.5. The van der Waals surface area contributed by atoms with Gasteiger partial charge in [-0.15, -0.1) is 0 Å². The number of likely N-dealkylation sites (N-methyl/N-ethyl adjacent to an activating group) is 1. The Bertz CT molecular complexity index is 1180. The topological polar surface area (TPSA) is 66.8 Å². The van der Waals surface area contributed by atoms with Gasteiger partial charge in [-0.3, -0.25) is 0 Å². The van der Waals surface area contributed by atoms with E-state index >= 15 is 0 Å². The van der Waals surface area contributed by atoms with E-state index in [1.807, 2.05) is 31.3 Å². The Kier molecular flexibility index (Phi) is 4.83. The van der Waals surface area contributed by atoms with Crippen molar-refractivity contribution in [2.45, 2.75) is 11.3 Å². The molecule has 0 bridgehead atoms. The molecule has 1 saturated heterocycles. The second-order valence-corrected chi connectivity index (χ2v) is 9.66. The van der Waals surface area contributed by atoms with Crippen LogP contribution in [0.15, 0.2) is 53.6 Å². The lowest BCUT2D eigenvalue weighted by Gasteiger charge is -2.28. The molecule has 0 unspecified atom stereocenters. The van der Waals surface area contributed by atoms with Crippen molar-refractivity contribution in [2.24, 2.45) is 0 Å². The molecule has 0 spiro atoms. The molecule has 5 rings (SSSR count). The van der Waals surface area contributed by atoms with Crippen LogP contribution in [-0.4, -0.2) is 58.8 Å². The predicted molar refractivity (Wildman–Crippen MR) is 119 cm³/mol. The molecule has 0 saturated carbocycles. The van der Waals surface area contributed by atoms with Crippen LogP contribution in [0.3, 0.4) is 0 Å².